The van der Waals surface area contributed by atoms with Crippen LogP contribution >= 0.6 is 0 Å². The number of methoxy groups -OCH3 is 1. The maximum atomic E-state index is 12.3. The first-order chi connectivity index (χ1) is 11.9. The van der Waals surface area contributed by atoms with Gasteiger partial charge in [-0.1, -0.05) is 25.1 Å². The molecule has 2 aromatic rings. The monoisotopic (exact) mass is 346 g/mol. The van der Waals surface area contributed by atoms with E-state index in [1.807, 2.05) is 39.0 Å². The summed E-state index contributed by atoms with van der Waals surface area (Å²) in [5, 5.41) is 0.651. The van der Waals surface area contributed by atoms with Gasteiger partial charge < -0.3 is 18.6 Å². The van der Waals surface area contributed by atoms with Gasteiger partial charge >= 0.3 is 5.63 Å². The predicted octanol–water partition coefficient (Wildman–Crippen LogP) is 4.71. The molecule has 0 aliphatic rings. The first-order valence-corrected chi connectivity index (χ1v) is 8.48. The van der Waals surface area contributed by atoms with Crippen molar-refractivity contribution in [2.75, 3.05) is 13.7 Å². The number of allylic oxidation sites excluding steroid dienone is 1. The molecule has 0 atom stereocenters. The standard InChI is InChI=1S/C20H26O5/c1-6-7-8-9-13-23-17-14-11-10-12-15(25-20(2,3)4)16(14)24-19(21)18(17)22-5/h7-8,10-12H,6,9,13H2,1-5H3/b8-7+. The Morgan fingerprint density at radius 2 is 1.92 bits per heavy atom. The molecule has 0 amide bonds. The third-order valence-corrected chi connectivity index (χ3v) is 3.36. The molecule has 1 aromatic carbocycles. The van der Waals surface area contributed by atoms with Gasteiger partial charge in [-0.2, -0.15) is 0 Å². The van der Waals surface area contributed by atoms with Gasteiger partial charge in [-0.3, -0.25) is 0 Å². The minimum absolute atomic E-state index is 0.0693. The van der Waals surface area contributed by atoms with E-state index in [4.69, 9.17) is 18.6 Å². The van der Waals surface area contributed by atoms with Crippen LogP contribution in [0.2, 0.25) is 0 Å². The van der Waals surface area contributed by atoms with E-state index in [-0.39, 0.29) is 5.75 Å². The molecule has 1 heterocycles. The van der Waals surface area contributed by atoms with Gasteiger partial charge in [0.1, 0.15) is 5.60 Å². The number of para-hydroxylation sites is 1. The van der Waals surface area contributed by atoms with Crippen molar-refractivity contribution in [2.45, 2.75) is 46.1 Å². The molecule has 0 saturated heterocycles. The van der Waals surface area contributed by atoms with E-state index in [9.17, 15) is 4.79 Å². The molecule has 1 aromatic heterocycles. The van der Waals surface area contributed by atoms with Crippen molar-refractivity contribution in [3.05, 3.63) is 40.8 Å². The van der Waals surface area contributed by atoms with Gasteiger partial charge in [0.2, 0.25) is 5.75 Å². The zero-order valence-electron chi connectivity index (χ0n) is 15.5. The van der Waals surface area contributed by atoms with E-state index in [2.05, 4.69) is 13.0 Å². The number of hydrogen-bond acceptors (Lipinski definition) is 5. The van der Waals surface area contributed by atoms with Crippen molar-refractivity contribution in [1.29, 1.82) is 0 Å². The Bertz CT molecular complexity index is 796. The molecule has 2 rings (SSSR count). The maximum Gasteiger partial charge on any atom is 0.383 e. The van der Waals surface area contributed by atoms with Crippen LogP contribution < -0.4 is 19.8 Å². The summed E-state index contributed by atoms with van der Waals surface area (Å²) in [7, 11) is 1.43. The first kappa shape index (κ1) is 18.9. The second-order valence-electron chi connectivity index (χ2n) is 6.62. The zero-order chi connectivity index (χ0) is 18.4. The highest BCUT2D eigenvalue weighted by molar-refractivity contribution is 5.89. The van der Waals surface area contributed by atoms with Crippen LogP contribution in [-0.4, -0.2) is 19.3 Å². The fraction of sp³-hybridized carbons (Fsp3) is 0.450. The van der Waals surface area contributed by atoms with Crippen molar-refractivity contribution < 1.29 is 18.6 Å². The van der Waals surface area contributed by atoms with Crippen LogP contribution in [0.25, 0.3) is 11.0 Å². The van der Waals surface area contributed by atoms with Crippen LogP contribution in [0.15, 0.2) is 39.6 Å². The predicted molar refractivity (Wildman–Crippen MR) is 99.0 cm³/mol. The molecule has 0 N–H and O–H groups in total. The van der Waals surface area contributed by atoms with Crippen LogP contribution in [0.3, 0.4) is 0 Å². The Labute approximate surface area is 148 Å². The molecular weight excluding hydrogens is 320 g/mol. The normalized spacial score (nSPS) is 11.9. The summed E-state index contributed by atoms with van der Waals surface area (Å²) >= 11 is 0. The molecular formula is C20H26O5. The van der Waals surface area contributed by atoms with Crippen LogP contribution in [0.5, 0.6) is 17.2 Å². The second-order valence-corrected chi connectivity index (χ2v) is 6.62. The molecule has 5 nitrogen and oxygen atoms in total. The average Bonchev–Trinajstić information content (AvgIpc) is 2.54. The van der Waals surface area contributed by atoms with Gasteiger partial charge in [0.25, 0.3) is 0 Å². The Balaban J connectivity index is 2.48. The smallest absolute Gasteiger partial charge is 0.383 e. The summed E-state index contributed by atoms with van der Waals surface area (Å²) in [4.78, 5) is 12.3. The maximum absolute atomic E-state index is 12.3. The topological polar surface area (TPSA) is 57.9 Å². The number of fused-ring (bicyclic) bond motifs is 1. The lowest BCUT2D eigenvalue weighted by Gasteiger charge is -2.22. The minimum Gasteiger partial charge on any atom is -0.488 e. The van der Waals surface area contributed by atoms with E-state index in [0.29, 0.717) is 29.1 Å². The highest BCUT2D eigenvalue weighted by Gasteiger charge is 2.21. The third kappa shape index (κ3) is 4.78. The Kier molecular flexibility index (Phi) is 6.12. The van der Waals surface area contributed by atoms with Gasteiger partial charge in [-0.25, -0.2) is 4.79 Å². The van der Waals surface area contributed by atoms with Gasteiger partial charge in [-0.15, -0.1) is 0 Å². The lowest BCUT2D eigenvalue weighted by Crippen LogP contribution is -2.23. The van der Waals surface area contributed by atoms with Gasteiger partial charge in [0, 0.05) is 0 Å². The molecule has 0 bridgehead atoms. The summed E-state index contributed by atoms with van der Waals surface area (Å²) in [6, 6.07) is 5.44. The lowest BCUT2D eigenvalue weighted by atomic mass is 10.1. The largest absolute Gasteiger partial charge is 0.488 e. The van der Waals surface area contributed by atoms with Gasteiger partial charge in [-0.05, 0) is 45.7 Å². The van der Waals surface area contributed by atoms with Crippen molar-refractivity contribution in [2.24, 2.45) is 0 Å². The Morgan fingerprint density at radius 3 is 2.56 bits per heavy atom. The molecule has 0 spiro atoms. The first-order valence-electron chi connectivity index (χ1n) is 8.48. The van der Waals surface area contributed by atoms with Crippen molar-refractivity contribution in [3.8, 4) is 17.2 Å². The van der Waals surface area contributed by atoms with Crippen molar-refractivity contribution in [1.82, 2.24) is 0 Å². The summed E-state index contributed by atoms with van der Waals surface area (Å²) in [6.45, 7) is 8.32. The molecule has 25 heavy (non-hydrogen) atoms. The average molecular weight is 346 g/mol. The molecule has 0 saturated carbocycles. The van der Waals surface area contributed by atoms with E-state index in [1.54, 1.807) is 6.07 Å². The molecule has 136 valence electrons. The third-order valence-electron chi connectivity index (χ3n) is 3.36. The Morgan fingerprint density at radius 1 is 1.16 bits per heavy atom. The van der Waals surface area contributed by atoms with Crippen LogP contribution in [0.4, 0.5) is 0 Å². The van der Waals surface area contributed by atoms with E-state index >= 15 is 0 Å². The molecule has 5 heteroatoms. The van der Waals surface area contributed by atoms with E-state index in [1.165, 1.54) is 7.11 Å². The quantitative estimate of drug-likeness (QED) is 0.413. The highest BCUT2D eigenvalue weighted by Crippen LogP contribution is 2.37. The molecule has 0 radical (unpaired) electrons. The van der Waals surface area contributed by atoms with Crippen molar-refractivity contribution >= 4 is 11.0 Å². The molecule has 0 fully saturated rings. The SMILES string of the molecule is CC/C=C/CCOc1c(OC)c(=O)oc2c(OC(C)(C)C)cccc12. The summed E-state index contributed by atoms with van der Waals surface area (Å²) in [6.07, 6.45) is 5.85. The number of ether oxygens (including phenoxy) is 3. The zero-order valence-corrected chi connectivity index (χ0v) is 15.5. The fourth-order valence-corrected chi connectivity index (χ4v) is 2.40. The Hall–Kier alpha value is -2.43. The minimum atomic E-state index is -0.584. The molecule has 0 unspecified atom stereocenters. The number of hydrogen-bond donors (Lipinski definition) is 0. The second kappa shape index (κ2) is 8.10. The van der Waals surface area contributed by atoms with Crippen LogP contribution in [0.1, 0.15) is 40.5 Å². The van der Waals surface area contributed by atoms with Gasteiger partial charge in [0.15, 0.2) is 17.1 Å². The highest BCUT2D eigenvalue weighted by atomic mass is 16.5. The summed E-state index contributed by atoms with van der Waals surface area (Å²) < 4.78 is 22.4. The summed E-state index contributed by atoms with van der Waals surface area (Å²) in [5.41, 5.74) is -0.639. The fourth-order valence-electron chi connectivity index (χ4n) is 2.40. The van der Waals surface area contributed by atoms with Gasteiger partial charge in [0.05, 0.1) is 19.1 Å². The molecule has 0 aliphatic carbocycles. The van der Waals surface area contributed by atoms with E-state index < -0.39 is 11.2 Å². The molecule has 0 aliphatic heterocycles. The number of benzene rings is 1. The van der Waals surface area contributed by atoms with E-state index in [0.717, 1.165) is 12.8 Å². The van der Waals surface area contributed by atoms with Crippen molar-refractivity contribution in [3.63, 3.8) is 0 Å². The van der Waals surface area contributed by atoms with Crippen LogP contribution in [-0.2, 0) is 0 Å². The van der Waals surface area contributed by atoms with Crippen LogP contribution in [0, 0.1) is 0 Å². The summed E-state index contributed by atoms with van der Waals surface area (Å²) in [5.74, 6) is 0.957. The number of rotatable bonds is 7. The lowest BCUT2D eigenvalue weighted by molar-refractivity contribution is 0.131.